The van der Waals surface area contributed by atoms with Gasteiger partial charge in [0.25, 0.3) is 0 Å². The molecule has 2 aliphatic heterocycles. The van der Waals surface area contributed by atoms with Crippen LogP contribution in [-0.2, 0) is 16.1 Å². The third kappa shape index (κ3) is 3.92. The molecule has 1 saturated carbocycles. The van der Waals surface area contributed by atoms with Gasteiger partial charge in [0.2, 0.25) is 5.91 Å². The van der Waals surface area contributed by atoms with E-state index < -0.39 is 0 Å². The van der Waals surface area contributed by atoms with Crippen LogP contribution in [0.15, 0.2) is 0 Å². The van der Waals surface area contributed by atoms with Crippen molar-refractivity contribution in [3.05, 3.63) is 11.6 Å². The number of aromatic nitrogens is 3. The van der Waals surface area contributed by atoms with Gasteiger partial charge in [0, 0.05) is 38.8 Å². The van der Waals surface area contributed by atoms with Gasteiger partial charge in [-0.2, -0.15) is 5.10 Å². The van der Waals surface area contributed by atoms with Crippen molar-refractivity contribution in [1.82, 2.24) is 29.9 Å². The minimum absolute atomic E-state index is 0.0888. The number of aromatic amines is 1. The Kier molecular flexibility index (Phi) is 5.52. The Morgan fingerprint density at radius 2 is 1.96 bits per heavy atom. The molecule has 1 aliphatic carbocycles. The van der Waals surface area contributed by atoms with Crippen LogP contribution in [0.5, 0.6) is 0 Å². The molecule has 0 aromatic carbocycles. The van der Waals surface area contributed by atoms with E-state index in [1.165, 1.54) is 25.7 Å². The van der Waals surface area contributed by atoms with Crippen LogP contribution >= 0.6 is 0 Å². The van der Waals surface area contributed by atoms with Crippen molar-refractivity contribution in [3.63, 3.8) is 0 Å². The molecule has 144 valence electrons. The summed E-state index contributed by atoms with van der Waals surface area (Å²) in [4.78, 5) is 24.3. The number of piperazine rings is 1. The Hall–Kier alpha value is -1.51. The van der Waals surface area contributed by atoms with Crippen molar-refractivity contribution in [2.75, 3.05) is 45.9 Å². The first-order chi connectivity index (χ1) is 12.7. The highest BCUT2D eigenvalue weighted by molar-refractivity contribution is 5.82. The molecule has 1 atom stereocenters. The zero-order valence-corrected chi connectivity index (χ0v) is 15.7. The van der Waals surface area contributed by atoms with Crippen molar-refractivity contribution in [3.8, 4) is 0 Å². The molecule has 0 spiro atoms. The van der Waals surface area contributed by atoms with E-state index in [2.05, 4.69) is 25.0 Å². The van der Waals surface area contributed by atoms with Gasteiger partial charge in [-0.05, 0) is 19.8 Å². The number of H-pyrrole nitrogens is 1. The summed E-state index contributed by atoms with van der Waals surface area (Å²) in [6.07, 6.45) is 5.05. The molecular weight excluding hydrogens is 332 g/mol. The van der Waals surface area contributed by atoms with E-state index in [4.69, 9.17) is 4.74 Å². The number of carbonyl (C=O) groups is 1. The first-order valence-electron chi connectivity index (χ1n) is 9.93. The second-order valence-corrected chi connectivity index (χ2v) is 7.71. The standard InChI is InChI=1S/C18H30N6O2/c1-14-19-17(21-20-14)12-22-6-8-23(9-7-22)18(25)16-13-26-11-10-24(16)15-4-2-3-5-15/h15-16H,2-13H2,1H3,(H,19,20,21). The first-order valence-corrected chi connectivity index (χ1v) is 9.93. The molecule has 3 heterocycles. The highest BCUT2D eigenvalue weighted by Crippen LogP contribution is 2.27. The Balaban J connectivity index is 1.32. The van der Waals surface area contributed by atoms with Gasteiger partial charge in [0.1, 0.15) is 11.9 Å². The molecule has 1 unspecified atom stereocenters. The van der Waals surface area contributed by atoms with Crippen molar-refractivity contribution in [2.24, 2.45) is 0 Å². The van der Waals surface area contributed by atoms with Crippen molar-refractivity contribution >= 4 is 5.91 Å². The predicted octanol–water partition coefficient (Wildman–Crippen LogP) is 0.401. The molecule has 2 saturated heterocycles. The lowest BCUT2D eigenvalue weighted by atomic mass is 10.1. The van der Waals surface area contributed by atoms with Crippen LogP contribution in [0.1, 0.15) is 37.3 Å². The lowest BCUT2D eigenvalue weighted by molar-refractivity contribution is -0.147. The number of carbonyl (C=O) groups excluding carboxylic acids is 1. The number of rotatable bonds is 4. The van der Waals surface area contributed by atoms with Gasteiger partial charge in [-0.3, -0.25) is 19.7 Å². The Morgan fingerprint density at radius 1 is 1.19 bits per heavy atom. The van der Waals surface area contributed by atoms with E-state index in [1.54, 1.807) is 0 Å². The molecule has 4 rings (SSSR count). The minimum Gasteiger partial charge on any atom is -0.378 e. The zero-order chi connectivity index (χ0) is 17.9. The molecule has 1 N–H and O–H groups in total. The van der Waals surface area contributed by atoms with E-state index in [0.717, 1.165) is 57.5 Å². The van der Waals surface area contributed by atoms with E-state index in [-0.39, 0.29) is 11.9 Å². The number of amides is 1. The fourth-order valence-corrected chi connectivity index (χ4v) is 4.50. The number of morpholine rings is 1. The molecular formula is C18H30N6O2. The lowest BCUT2D eigenvalue weighted by Crippen LogP contribution is -2.60. The molecule has 8 heteroatoms. The summed E-state index contributed by atoms with van der Waals surface area (Å²) < 4.78 is 5.67. The van der Waals surface area contributed by atoms with Crippen molar-refractivity contribution in [1.29, 1.82) is 0 Å². The van der Waals surface area contributed by atoms with Gasteiger partial charge in [-0.25, -0.2) is 4.98 Å². The average Bonchev–Trinajstić information content (AvgIpc) is 3.34. The number of hydrogen-bond donors (Lipinski definition) is 1. The molecule has 1 aromatic rings. The molecule has 0 radical (unpaired) electrons. The second kappa shape index (κ2) is 8.02. The fraction of sp³-hybridized carbons (Fsp3) is 0.833. The highest BCUT2D eigenvalue weighted by atomic mass is 16.5. The number of ether oxygens (including phenoxy) is 1. The molecule has 1 amide bonds. The largest absolute Gasteiger partial charge is 0.378 e. The normalized spacial score (nSPS) is 26.5. The third-order valence-corrected chi connectivity index (χ3v) is 5.94. The van der Waals surface area contributed by atoms with Gasteiger partial charge in [0.05, 0.1) is 19.8 Å². The number of hydrogen-bond acceptors (Lipinski definition) is 6. The summed E-state index contributed by atoms with van der Waals surface area (Å²) >= 11 is 0. The highest BCUT2D eigenvalue weighted by Gasteiger charge is 2.38. The summed E-state index contributed by atoms with van der Waals surface area (Å²) in [5, 5.41) is 7.10. The fourth-order valence-electron chi connectivity index (χ4n) is 4.50. The monoisotopic (exact) mass is 362 g/mol. The van der Waals surface area contributed by atoms with Crippen molar-refractivity contribution < 1.29 is 9.53 Å². The van der Waals surface area contributed by atoms with E-state index in [1.807, 2.05) is 11.8 Å². The maximum absolute atomic E-state index is 13.1. The van der Waals surface area contributed by atoms with Gasteiger partial charge >= 0.3 is 0 Å². The lowest BCUT2D eigenvalue weighted by Gasteiger charge is -2.42. The number of nitrogens with one attached hydrogen (secondary N) is 1. The van der Waals surface area contributed by atoms with Gasteiger partial charge in [-0.1, -0.05) is 12.8 Å². The second-order valence-electron chi connectivity index (χ2n) is 7.71. The van der Waals surface area contributed by atoms with Crippen LogP contribution < -0.4 is 0 Å². The summed E-state index contributed by atoms with van der Waals surface area (Å²) in [6.45, 7) is 8.14. The Bertz CT molecular complexity index is 607. The first kappa shape index (κ1) is 17.9. The zero-order valence-electron chi connectivity index (χ0n) is 15.7. The maximum Gasteiger partial charge on any atom is 0.242 e. The number of aryl methyl sites for hydroxylation is 1. The van der Waals surface area contributed by atoms with Crippen LogP contribution in [0.3, 0.4) is 0 Å². The molecule has 1 aromatic heterocycles. The summed E-state index contributed by atoms with van der Waals surface area (Å²) in [7, 11) is 0. The third-order valence-electron chi connectivity index (χ3n) is 5.94. The summed E-state index contributed by atoms with van der Waals surface area (Å²) in [5.41, 5.74) is 0. The molecule has 3 fully saturated rings. The van der Waals surface area contributed by atoms with E-state index in [0.29, 0.717) is 12.6 Å². The van der Waals surface area contributed by atoms with Crippen LogP contribution in [0, 0.1) is 6.92 Å². The quantitative estimate of drug-likeness (QED) is 0.836. The number of nitrogens with zero attached hydrogens (tertiary/aromatic N) is 5. The van der Waals surface area contributed by atoms with Crippen LogP contribution in [0.2, 0.25) is 0 Å². The Labute approximate surface area is 154 Å². The van der Waals surface area contributed by atoms with Gasteiger partial charge in [-0.15, -0.1) is 0 Å². The van der Waals surface area contributed by atoms with Gasteiger partial charge in [0.15, 0.2) is 5.82 Å². The van der Waals surface area contributed by atoms with Gasteiger partial charge < -0.3 is 9.64 Å². The summed E-state index contributed by atoms with van der Waals surface area (Å²) in [5.74, 6) is 1.93. The molecule has 26 heavy (non-hydrogen) atoms. The molecule has 0 bridgehead atoms. The predicted molar refractivity (Wildman–Crippen MR) is 96.5 cm³/mol. The minimum atomic E-state index is -0.0888. The average molecular weight is 362 g/mol. The maximum atomic E-state index is 13.1. The molecule has 3 aliphatic rings. The molecule has 8 nitrogen and oxygen atoms in total. The van der Waals surface area contributed by atoms with Crippen LogP contribution in [0.4, 0.5) is 0 Å². The SMILES string of the molecule is Cc1nc(CN2CCN(C(=O)C3COCCN3C3CCCC3)CC2)n[nH]1. The Morgan fingerprint density at radius 3 is 2.65 bits per heavy atom. The van der Waals surface area contributed by atoms with E-state index >= 15 is 0 Å². The van der Waals surface area contributed by atoms with Crippen LogP contribution in [0.25, 0.3) is 0 Å². The van der Waals surface area contributed by atoms with Crippen molar-refractivity contribution in [2.45, 2.75) is 51.2 Å². The summed E-state index contributed by atoms with van der Waals surface area (Å²) in [6, 6.07) is 0.483. The smallest absolute Gasteiger partial charge is 0.242 e. The topological polar surface area (TPSA) is 77.6 Å². The van der Waals surface area contributed by atoms with Crippen LogP contribution in [-0.4, -0.2) is 93.8 Å². The van der Waals surface area contributed by atoms with E-state index in [9.17, 15) is 4.79 Å².